The van der Waals surface area contributed by atoms with Crippen LogP contribution in [-0.4, -0.2) is 37.0 Å². The van der Waals surface area contributed by atoms with Gasteiger partial charge in [0.05, 0.1) is 10.6 Å². The SMILES string of the molecule is Cc1ccc(N2CCN(C(=O)c3ccc(F)cc3Cl)CC2)c(C)c1. The van der Waals surface area contributed by atoms with Gasteiger partial charge < -0.3 is 9.80 Å². The third kappa shape index (κ3) is 3.39. The predicted molar refractivity (Wildman–Crippen MR) is 95.4 cm³/mol. The third-order valence-corrected chi connectivity index (χ3v) is 4.73. The minimum Gasteiger partial charge on any atom is -0.368 e. The number of piperazine rings is 1. The van der Waals surface area contributed by atoms with Crippen molar-refractivity contribution in [2.75, 3.05) is 31.1 Å². The van der Waals surface area contributed by atoms with Crippen molar-refractivity contribution in [3.63, 3.8) is 0 Å². The van der Waals surface area contributed by atoms with Crippen LogP contribution in [0.2, 0.25) is 5.02 Å². The molecule has 0 aromatic heterocycles. The molecule has 24 heavy (non-hydrogen) atoms. The quantitative estimate of drug-likeness (QED) is 0.818. The number of anilines is 1. The molecular formula is C19H20ClFN2O. The Morgan fingerprint density at radius 2 is 1.75 bits per heavy atom. The highest BCUT2D eigenvalue weighted by atomic mass is 35.5. The van der Waals surface area contributed by atoms with E-state index >= 15 is 0 Å². The van der Waals surface area contributed by atoms with Crippen molar-refractivity contribution >= 4 is 23.2 Å². The molecule has 3 nitrogen and oxygen atoms in total. The van der Waals surface area contributed by atoms with Gasteiger partial charge in [0.25, 0.3) is 5.91 Å². The van der Waals surface area contributed by atoms with E-state index in [0.29, 0.717) is 18.7 Å². The molecule has 0 saturated carbocycles. The maximum absolute atomic E-state index is 13.1. The minimum atomic E-state index is -0.434. The first-order valence-electron chi connectivity index (χ1n) is 8.02. The topological polar surface area (TPSA) is 23.6 Å². The van der Waals surface area contributed by atoms with Crippen molar-refractivity contribution in [3.8, 4) is 0 Å². The van der Waals surface area contributed by atoms with Gasteiger partial charge in [-0.05, 0) is 43.7 Å². The second kappa shape index (κ2) is 6.81. The lowest BCUT2D eigenvalue weighted by molar-refractivity contribution is 0.0747. The van der Waals surface area contributed by atoms with Gasteiger partial charge in [0.2, 0.25) is 0 Å². The first kappa shape index (κ1) is 16.8. The lowest BCUT2D eigenvalue weighted by atomic mass is 10.1. The van der Waals surface area contributed by atoms with Gasteiger partial charge in [-0.25, -0.2) is 4.39 Å². The molecule has 0 radical (unpaired) electrons. The van der Waals surface area contributed by atoms with E-state index in [1.165, 1.54) is 35.0 Å². The molecule has 0 aliphatic carbocycles. The summed E-state index contributed by atoms with van der Waals surface area (Å²) in [4.78, 5) is 16.7. The Labute approximate surface area is 146 Å². The maximum atomic E-state index is 13.1. The number of carbonyl (C=O) groups is 1. The average Bonchev–Trinajstić information content (AvgIpc) is 2.54. The number of hydrogen-bond donors (Lipinski definition) is 0. The number of benzene rings is 2. The van der Waals surface area contributed by atoms with Gasteiger partial charge in [-0.3, -0.25) is 4.79 Å². The zero-order valence-electron chi connectivity index (χ0n) is 13.9. The summed E-state index contributed by atoms with van der Waals surface area (Å²) in [5.74, 6) is -0.573. The van der Waals surface area contributed by atoms with E-state index < -0.39 is 5.82 Å². The van der Waals surface area contributed by atoms with E-state index in [0.717, 1.165) is 13.1 Å². The van der Waals surface area contributed by atoms with E-state index in [4.69, 9.17) is 11.6 Å². The first-order chi connectivity index (χ1) is 11.5. The fourth-order valence-electron chi connectivity index (χ4n) is 3.14. The number of hydrogen-bond acceptors (Lipinski definition) is 2. The van der Waals surface area contributed by atoms with Gasteiger partial charge in [-0.15, -0.1) is 0 Å². The van der Waals surface area contributed by atoms with Crippen LogP contribution in [-0.2, 0) is 0 Å². The van der Waals surface area contributed by atoms with Crippen LogP contribution in [0, 0.1) is 19.7 Å². The van der Waals surface area contributed by atoms with Crippen LogP contribution in [0.3, 0.4) is 0 Å². The van der Waals surface area contributed by atoms with Gasteiger partial charge in [0.15, 0.2) is 0 Å². The highest BCUT2D eigenvalue weighted by Gasteiger charge is 2.24. The molecule has 1 saturated heterocycles. The molecule has 1 aliphatic heterocycles. The highest BCUT2D eigenvalue weighted by molar-refractivity contribution is 6.33. The van der Waals surface area contributed by atoms with Crippen LogP contribution in [0.5, 0.6) is 0 Å². The van der Waals surface area contributed by atoms with Crippen LogP contribution < -0.4 is 4.90 Å². The van der Waals surface area contributed by atoms with E-state index in [2.05, 4.69) is 36.9 Å². The summed E-state index contributed by atoms with van der Waals surface area (Å²) in [7, 11) is 0. The Bertz CT molecular complexity index is 770. The summed E-state index contributed by atoms with van der Waals surface area (Å²) < 4.78 is 13.1. The molecule has 1 heterocycles. The molecule has 126 valence electrons. The van der Waals surface area contributed by atoms with Crippen LogP contribution in [0.1, 0.15) is 21.5 Å². The van der Waals surface area contributed by atoms with E-state index in [-0.39, 0.29) is 10.9 Å². The smallest absolute Gasteiger partial charge is 0.255 e. The first-order valence-corrected chi connectivity index (χ1v) is 8.40. The molecule has 0 spiro atoms. The van der Waals surface area contributed by atoms with Crippen LogP contribution in [0.25, 0.3) is 0 Å². The summed E-state index contributed by atoms with van der Waals surface area (Å²) in [6.45, 7) is 6.99. The van der Waals surface area contributed by atoms with Gasteiger partial charge in [-0.2, -0.15) is 0 Å². The molecule has 0 atom stereocenters. The standard InChI is InChI=1S/C19H20ClFN2O/c1-13-3-6-18(14(2)11-13)22-7-9-23(10-8-22)19(24)16-5-4-15(21)12-17(16)20/h3-6,11-12H,7-10H2,1-2H3. The molecular weight excluding hydrogens is 327 g/mol. The molecule has 2 aromatic rings. The normalized spacial score (nSPS) is 14.8. The third-order valence-electron chi connectivity index (χ3n) is 4.42. The van der Waals surface area contributed by atoms with Crippen molar-refractivity contribution in [2.45, 2.75) is 13.8 Å². The van der Waals surface area contributed by atoms with Crippen LogP contribution in [0.4, 0.5) is 10.1 Å². The Hall–Kier alpha value is -2.07. The summed E-state index contributed by atoms with van der Waals surface area (Å²) >= 11 is 6.01. The average molecular weight is 347 g/mol. The van der Waals surface area contributed by atoms with E-state index in [9.17, 15) is 9.18 Å². The number of carbonyl (C=O) groups excluding carboxylic acids is 1. The summed E-state index contributed by atoms with van der Waals surface area (Å²) in [6.07, 6.45) is 0. The minimum absolute atomic E-state index is 0.139. The molecule has 0 N–H and O–H groups in total. The van der Waals surface area contributed by atoms with Gasteiger partial charge in [-0.1, -0.05) is 29.3 Å². The monoisotopic (exact) mass is 346 g/mol. The second-order valence-electron chi connectivity index (χ2n) is 6.19. The lowest BCUT2D eigenvalue weighted by Gasteiger charge is -2.37. The predicted octanol–water partition coefficient (Wildman–Crippen LogP) is 4.06. The fraction of sp³-hybridized carbons (Fsp3) is 0.316. The largest absolute Gasteiger partial charge is 0.368 e. The number of aryl methyl sites for hydroxylation is 2. The molecule has 0 unspecified atom stereocenters. The Morgan fingerprint density at radius 1 is 1.04 bits per heavy atom. The highest BCUT2D eigenvalue weighted by Crippen LogP contribution is 2.24. The second-order valence-corrected chi connectivity index (χ2v) is 6.60. The fourth-order valence-corrected chi connectivity index (χ4v) is 3.39. The van der Waals surface area contributed by atoms with E-state index in [1.54, 1.807) is 4.90 Å². The van der Waals surface area contributed by atoms with Crippen LogP contribution in [0.15, 0.2) is 36.4 Å². The van der Waals surface area contributed by atoms with Gasteiger partial charge >= 0.3 is 0 Å². The zero-order chi connectivity index (χ0) is 17.3. The maximum Gasteiger partial charge on any atom is 0.255 e. The molecule has 3 rings (SSSR count). The zero-order valence-corrected chi connectivity index (χ0v) is 14.6. The number of nitrogens with zero attached hydrogens (tertiary/aromatic N) is 2. The van der Waals surface area contributed by atoms with Crippen molar-refractivity contribution in [1.29, 1.82) is 0 Å². The van der Waals surface area contributed by atoms with Crippen LogP contribution >= 0.6 is 11.6 Å². The Morgan fingerprint density at radius 3 is 2.38 bits per heavy atom. The van der Waals surface area contributed by atoms with Crippen molar-refractivity contribution in [3.05, 3.63) is 63.9 Å². The summed E-state index contributed by atoms with van der Waals surface area (Å²) in [6, 6.07) is 10.3. The molecule has 1 fully saturated rings. The summed E-state index contributed by atoms with van der Waals surface area (Å²) in [5, 5.41) is 0.164. The van der Waals surface area contributed by atoms with Gasteiger partial charge in [0, 0.05) is 31.9 Å². The van der Waals surface area contributed by atoms with E-state index in [1.807, 2.05) is 0 Å². The van der Waals surface area contributed by atoms with Gasteiger partial charge in [0.1, 0.15) is 5.82 Å². The number of amides is 1. The molecule has 1 amide bonds. The Kier molecular flexibility index (Phi) is 4.76. The number of rotatable bonds is 2. The van der Waals surface area contributed by atoms with Crippen molar-refractivity contribution in [2.24, 2.45) is 0 Å². The molecule has 5 heteroatoms. The Balaban J connectivity index is 1.69. The molecule has 1 aliphatic rings. The number of halogens is 2. The molecule has 0 bridgehead atoms. The summed E-state index contributed by atoms with van der Waals surface area (Å²) in [5.41, 5.74) is 4.07. The lowest BCUT2D eigenvalue weighted by Crippen LogP contribution is -2.49. The molecule has 2 aromatic carbocycles. The van der Waals surface area contributed by atoms with Crippen molar-refractivity contribution in [1.82, 2.24) is 4.90 Å². The van der Waals surface area contributed by atoms with Crippen molar-refractivity contribution < 1.29 is 9.18 Å².